The Labute approximate surface area is 205 Å². The van der Waals surface area contributed by atoms with E-state index in [2.05, 4.69) is 25.7 Å². The number of allylic oxidation sites excluding steroid dienone is 4. The number of hydrogen-bond donors (Lipinski definition) is 3. The van der Waals surface area contributed by atoms with Crippen LogP contribution >= 0.6 is 0 Å². The van der Waals surface area contributed by atoms with Crippen LogP contribution in [0.1, 0.15) is 72.1 Å². The van der Waals surface area contributed by atoms with Gasteiger partial charge in [0.25, 0.3) is 0 Å². The third-order valence-electron chi connectivity index (χ3n) is 8.05. The fraction of sp³-hybridized carbons (Fsp3) is 0.667. The summed E-state index contributed by atoms with van der Waals surface area (Å²) in [6.07, 6.45) is 2.40. The normalized spacial score (nSPS) is 34.4. The molecule has 0 saturated heterocycles. The fourth-order valence-electron chi connectivity index (χ4n) is 5.75. The Kier molecular flexibility index (Phi) is 8.09. The van der Waals surface area contributed by atoms with E-state index < -0.39 is 48.9 Å². The zero-order valence-corrected chi connectivity index (χ0v) is 20.7. The molecule has 2 unspecified atom stereocenters. The number of fused-ring (bicyclic) bond motifs is 1. The predicted molar refractivity (Wildman–Crippen MR) is 126 cm³/mol. The molecule has 196 valence electrons. The zero-order chi connectivity index (χ0) is 26.2. The smallest absolute Gasteiger partial charge is 0.416 e. The molecule has 0 aromatic rings. The summed E-state index contributed by atoms with van der Waals surface area (Å²) in [5, 5.41) is 29.7. The van der Waals surface area contributed by atoms with E-state index in [1.54, 1.807) is 6.92 Å². The summed E-state index contributed by atoms with van der Waals surface area (Å²) in [5.74, 6) is -0.555. The van der Waals surface area contributed by atoms with Crippen LogP contribution in [0.5, 0.6) is 0 Å². The highest BCUT2D eigenvalue weighted by Crippen LogP contribution is 2.56. The van der Waals surface area contributed by atoms with Crippen molar-refractivity contribution in [3.63, 3.8) is 0 Å². The molecule has 0 aromatic carbocycles. The summed E-state index contributed by atoms with van der Waals surface area (Å²) >= 11 is 0. The summed E-state index contributed by atoms with van der Waals surface area (Å²) < 4.78 is 44.1. The van der Waals surface area contributed by atoms with Crippen LogP contribution in [0.25, 0.3) is 0 Å². The van der Waals surface area contributed by atoms with Crippen LogP contribution in [-0.4, -0.2) is 51.4 Å². The van der Waals surface area contributed by atoms with Crippen molar-refractivity contribution in [1.82, 2.24) is 0 Å². The molecule has 0 aliphatic heterocycles. The molecule has 3 aliphatic rings. The monoisotopic (exact) mass is 498 g/mol. The average molecular weight is 499 g/mol. The lowest BCUT2D eigenvalue weighted by Crippen LogP contribution is -2.42. The number of esters is 1. The quantitative estimate of drug-likeness (QED) is 0.352. The van der Waals surface area contributed by atoms with Gasteiger partial charge in [-0.2, -0.15) is 13.2 Å². The van der Waals surface area contributed by atoms with Crippen LogP contribution in [-0.2, 0) is 9.53 Å². The van der Waals surface area contributed by atoms with Crippen LogP contribution < -0.4 is 0 Å². The number of rotatable bonds is 6. The Morgan fingerprint density at radius 3 is 2.69 bits per heavy atom. The van der Waals surface area contributed by atoms with Crippen molar-refractivity contribution in [3.8, 4) is 0 Å². The Bertz CT molecular complexity index is 930. The van der Waals surface area contributed by atoms with Crippen molar-refractivity contribution < 1.29 is 38.0 Å². The van der Waals surface area contributed by atoms with Gasteiger partial charge in [0.15, 0.2) is 5.60 Å². The van der Waals surface area contributed by atoms with Gasteiger partial charge in [-0.25, -0.2) is 0 Å². The average Bonchev–Trinajstić information content (AvgIpc) is 3.10. The number of aliphatic hydroxyl groups excluding tert-OH is 2. The third-order valence-corrected chi connectivity index (χ3v) is 8.05. The summed E-state index contributed by atoms with van der Waals surface area (Å²) in [7, 11) is 0. The maximum Gasteiger partial charge on any atom is 0.416 e. The first-order chi connectivity index (χ1) is 16.2. The van der Waals surface area contributed by atoms with Gasteiger partial charge < -0.3 is 20.1 Å². The fourth-order valence-corrected chi connectivity index (χ4v) is 5.75. The van der Waals surface area contributed by atoms with E-state index in [0.717, 1.165) is 36.8 Å². The first kappa shape index (κ1) is 27.7. The summed E-state index contributed by atoms with van der Waals surface area (Å²) in [6.45, 7) is 8.51. The number of ether oxygens (including phenoxy) is 1. The van der Waals surface area contributed by atoms with Gasteiger partial charge in [-0.1, -0.05) is 37.3 Å². The molecule has 3 N–H and O–H groups in total. The predicted octanol–water partition coefficient (Wildman–Crippen LogP) is 5.07. The van der Waals surface area contributed by atoms with E-state index >= 15 is 0 Å². The molecule has 2 saturated carbocycles. The van der Waals surface area contributed by atoms with E-state index in [4.69, 9.17) is 4.74 Å². The van der Waals surface area contributed by atoms with Crippen molar-refractivity contribution in [2.45, 2.75) is 102 Å². The number of alkyl halides is 3. The molecule has 0 spiro atoms. The largest absolute Gasteiger partial charge is 0.458 e. The first-order valence-electron chi connectivity index (χ1n) is 12.3. The lowest BCUT2D eigenvalue weighted by atomic mass is 9.63. The number of carbonyl (C=O) groups is 1. The number of hydrogen-bond acceptors (Lipinski definition) is 5. The third kappa shape index (κ3) is 5.92. The Balaban J connectivity index is 1.67. The Hall–Kier alpha value is -1.90. The second-order valence-electron chi connectivity index (χ2n) is 10.7. The van der Waals surface area contributed by atoms with Gasteiger partial charge in [0.1, 0.15) is 6.10 Å². The second kappa shape index (κ2) is 10.2. The molecule has 3 rings (SSSR count). The maximum atomic E-state index is 12.9. The van der Waals surface area contributed by atoms with Gasteiger partial charge in [0.05, 0.1) is 12.2 Å². The van der Waals surface area contributed by atoms with Crippen molar-refractivity contribution >= 4 is 5.97 Å². The van der Waals surface area contributed by atoms with Gasteiger partial charge in [0.2, 0.25) is 0 Å². The van der Waals surface area contributed by atoms with Crippen molar-refractivity contribution in [3.05, 3.63) is 47.1 Å². The molecule has 0 heterocycles. The lowest BCUT2D eigenvalue weighted by molar-refractivity contribution is -0.255. The van der Waals surface area contributed by atoms with Crippen LogP contribution in [0.2, 0.25) is 0 Å². The highest BCUT2D eigenvalue weighted by atomic mass is 19.4. The van der Waals surface area contributed by atoms with E-state index in [9.17, 15) is 33.3 Å². The van der Waals surface area contributed by atoms with Crippen molar-refractivity contribution in [2.75, 3.05) is 0 Å². The molecular weight excluding hydrogens is 461 g/mol. The molecule has 35 heavy (non-hydrogen) atoms. The van der Waals surface area contributed by atoms with Crippen molar-refractivity contribution in [2.24, 2.45) is 11.3 Å². The van der Waals surface area contributed by atoms with Gasteiger partial charge in [-0.05, 0) is 80.4 Å². The minimum atomic E-state index is -4.81. The molecule has 0 amide bonds. The highest BCUT2D eigenvalue weighted by molar-refractivity contribution is 5.70. The molecule has 3 aliphatic carbocycles. The van der Waals surface area contributed by atoms with Gasteiger partial charge in [0, 0.05) is 12.8 Å². The summed E-state index contributed by atoms with van der Waals surface area (Å²) in [5.41, 5.74) is 0.540. The molecule has 0 aromatic heterocycles. The zero-order valence-electron chi connectivity index (χ0n) is 20.7. The number of halogens is 3. The van der Waals surface area contributed by atoms with E-state index in [1.807, 2.05) is 6.08 Å². The van der Waals surface area contributed by atoms with Gasteiger partial charge in [-0.3, -0.25) is 4.79 Å². The van der Waals surface area contributed by atoms with Crippen LogP contribution in [0, 0.1) is 11.3 Å². The first-order valence-corrected chi connectivity index (χ1v) is 12.3. The minimum absolute atomic E-state index is 0.210. The van der Waals surface area contributed by atoms with Crippen molar-refractivity contribution in [1.29, 1.82) is 0 Å². The molecular formula is C27H37F3O5. The molecule has 5 nitrogen and oxygen atoms in total. The molecule has 8 heteroatoms. The second-order valence-corrected chi connectivity index (χ2v) is 10.7. The topological polar surface area (TPSA) is 87.0 Å². The van der Waals surface area contributed by atoms with Crippen LogP contribution in [0.3, 0.4) is 0 Å². The molecule has 2 fully saturated rings. The SMILES string of the molecule is C=C1/C(=C\C=C2/CCC[C@]3(C)C(C(C)OC(=O)CCC(C)(O)C(F)(F)F)=CC[C@@H]23)C[C@@H](O)C[C@@H]1O. The Morgan fingerprint density at radius 2 is 2.03 bits per heavy atom. The summed E-state index contributed by atoms with van der Waals surface area (Å²) in [4.78, 5) is 12.3. The van der Waals surface area contributed by atoms with E-state index in [1.165, 1.54) is 5.57 Å². The maximum absolute atomic E-state index is 12.9. The molecule has 6 atom stereocenters. The van der Waals surface area contributed by atoms with Gasteiger partial charge in [-0.15, -0.1) is 0 Å². The molecule has 0 radical (unpaired) electrons. The van der Waals surface area contributed by atoms with E-state index in [0.29, 0.717) is 25.3 Å². The molecule has 0 bridgehead atoms. The summed E-state index contributed by atoms with van der Waals surface area (Å²) in [6, 6.07) is 0. The van der Waals surface area contributed by atoms with Crippen LogP contribution in [0.4, 0.5) is 13.2 Å². The van der Waals surface area contributed by atoms with E-state index in [-0.39, 0.29) is 11.3 Å². The number of aliphatic hydroxyl groups is 3. The van der Waals surface area contributed by atoms with Gasteiger partial charge >= 0.3 is 12.1 Å². The standard InChI is InChI=1S/C27H37F3O5/c1-16-19(14-20(31)15-23(16)32)8-7-18-6-5-12-25(3)21(9-10-22(18)25)17(2)35-24(33)11-13-26(4,34)27(28,29)30/h7-9,17,20,22-23,31-32,34H,1,5-6,10-15H2,2-4H3/b18-7+,19-8-/t17?,20-,22+,23+,25-,26?/m1/s1. The lowest BCUT2D eigenvalue weighted by Gasteiger charge is -2.42. The minimum Gasteiger partial charge on any atom is -0.458 e. The Morgan fingerprint density at radius 1 is 1.34 bits per heavy atom. The number of carbonyl (C=O) groups excluding carboxylic acids is 1. The van der Waals surface area contributed by atoms with Crippen LogP contribution in [0.15, 0.2) is 47.1 Å². The highest BCUT2D eigenvalue weighted by Gasteiger charge is 2.50.